The lowest BCUT2D eigenvalue weighted by atomic mass is 10.2. The first kappa shape index (κ1) is 22.0. The lowest BCUT2D eigenvalue weighted by molar-refractivity contribution is -0.116. The van der Waals surface area contributed by atoms with E-state index >= 15 is 0 Å². The maximum absolute atomic E-state index is 12.5. The largest absolute Gasteiger partial charge is 0.493 e. The number of rotatable bonds is 7. The monoisotopic (exact) mass is 445 g/mol. The fourth-order valence-electron chi connectivity index (χ4n) is 2.97. The number of nitrogens with one attached hydrogen (secondary N) is 1. The van der Waals surface area contributed by atoms with Crippen molar-refractivity contribution in [2.45, 2.75) is 6.54 Å². The second-order valence-corrected chi connectivity index (χ2v) is 6.78. The smallest absolute Gasteiger partial charge is 0.320 e. The molecule has 0 radical (unpaired) electrons. The van der Waals surface area contributed by atoms with Crippen molar-refractivity contribution in [1.82, 2.24) is 9.13 Å². The Morgan fingerprint density at radius 2 is 1.65 bits per heavy atom. The topological polar surface area (TPSA) is 101 Å². The van der Waals surface area contributed by atoms with Crippen molar-refractivity contribution in [3.63, 3.8) is 0 Å². The summed E-state index contributed by atoms with van der Waals surface area (Å²) >= 11 is 5.95. The minimum Gasteiger partial charge on any atom is -0.493 e. The molecule has 0 spiro atoms. The van der Waals surface area contributed by atoms with E-state index in [0.29, 0.717) is 33.6 Å². The third-order valence-corrected chi connectivity index (χ3v) is 4.64. The van der Waals surface area contributed by atoms with Crippen LogP contribution in [0, 0.1) is 0 Å². The molecule has 31 heavy (non-hydrogen) atoms. The molecule has 0 aliphatic heterocycles. The second-order valence-electron chi connectivity index (χ2n) is 6.35. The van der Waals surface area contributed by atoms with Crippen LogP contribution in [0.15, 0.2) is 58.4 Å². The normalized spacial score (nSPS) is 10.5. The Hall–Kier alpha value is -3.72. The molecule has 2 aromatic carbocycles. The highest BCUT2D eigenvalue weighted by Crippen LogP contribution is 2.39. The minimum absolute atomic E-state index is 0.360. The summed E-state index contributed by atoms with van der Waals surface area (Å²) < 4.78 is 17.9. The standard InChI is InChI=1S/C21H20ClN3O6/c1-29-16-10-14(11-17(30-2)19(16)31-3)23-18(26)12-24-7-8-25(21(28)20(24)27)15-6-4-5-13(22)9-15/h4-11H,12H2,1-3H3,(H,23,26). The van der Waals surface area contributed by atoms with E-state index in [1.807, 2.05) is 0 Å². The number of halogens is 1. The molecule has 1 aromatic heterocycles. The van der Waals surface area contributed by atoms with Gasteiger partial charge in [-0.25, -0.2) is 0 Å². The molecule has 1 N–H and O–H groups in total. The van der Waals surface area contributed by atoms with E-state index in [0.717, 1.165) is 4.57 Å². The molecule has 3 aromatic rings. The number of methoxy groups -OCH3 is 3. The van der Waals surface area contributed by atoms with Crippen molar-refractivity contribution in [3.05, 3.63) is 74.5 Å². The van der Waals surface area contributed by atoms with E-state index in [-0.39, 0.29) is 6.54 Å². The number of anilines is 1. The van der Waals surface area contributed by atoms with Crippen LogP contribution in [-0.4, -0.2) is 36.4 Å². The van der Waals surface area contributed by atoms with Crippen LogP contribution >= 0.6 is 11.6 Å². The van der Waals surface area contributed by atoms with Gasteiger partial charge in [-0.15, -0.1) is 0 Å². The van der Waals surface area contributed by atoms with Crippen LogP contribution < -0.4 is 30.6 Å². The fourth-order valence-corrected chi connectivity index (χ4v) is 3.16. The number of ether oxygens (including phenoxy) is 3. The zero-order valence-electron chi connectivity index (χ0n) is 17.0. The predicted octanol–water partition coefficient (Wildman–Crippen LogP) is 2.32. The minimum atomic E-state index is -0.845. The number of aromatic nitrogens is 2. The van der Waals surface area contributed by atoms with Crippen molar-refractivity contribution in [2.24, 2.45) is 0 Å². The zero-order valence-corrected chi connectivity index (χ0v) is 17.8. The van der Waals surface area contributed by atoms with Gasteiger partial charge in [-0.05, 0) is 18.2 Å². The first-order valence-corrected chi connectivity index (χ1v) is 9.43. The number of carbonyl (C=O) groups excluding carboxylic acids is 1. The maximum atomic E-state index is 12.5. The molecule has 0 fully saturated rings. The van der Waals surface area contributed by atoms with Crippen LogP contribution in [0.2, 0.25) is 5.02 Å². The Kier molecular flexibility index (Phi) is 6.66. The number of hydrogen-bond donors (Lipinski definition) is 1. The van der Waals surface area contributed by atoms with Crippen molar-refractivity contribution in [1.29, 1.82) is 0 Å². The summed E-state index contributed by atoms with van der Waals surface area (Å²) in [5, 5.41) is 3.08. The van der Waals surface area contributed by atoms with E-state index in [2.05, 4.69) is 5.32 Å². The van der Waals surface area contributed by atoms with Gasteiger partial charge in [0.1, 0.15) is 6.54 Å². The highest BCUT2D eigenvalue weighted by atomic mass is 35.5. The van der Waals surface area contributed by atoms with Gasteiger partial charge in [-0.3, -0.25) is 23.5 Å². The third-order valence-electron chi connectivity index (χ3n) is 4.41. The van der Waals surface area contributed by atoms with Crippen LogP contribution in [-0.2, 0) is 11.3 Å². The zero-order chi connectivity index (χ0) is 22.5. The van der Waals surface area contributed by atoms with E-state index in [1.165, 1.54) is 38.3 Å². The first-order valence-electron chi connectivity index (χ1n) is 9.05. The average molecular weight is 446 g/mol. The van der Waals surface area contributed by atoms with Gasteiger partial charge >= 0.3 is 11.1 Å². The van der Waals surface area contributed by atoms with Crippen molar-refractivity contribution < 1.29 is 19.0 Å². The lowest BCUT2D eigenvalue weighted by Crippen LogP contribution is -2.41. The molecule has 10 heteroatoms. The molecule has 0 saturated heterocycles. The summed E-state index contributed by atoms with van der Waals surface area (Å²) in [4.78, 5) is 37.5. The Labute approximate surface area is 182 Å². The number of amides is 1. The average Bonchev–Trinajstić information content (AvgIpc) is 2.76. The molecule has 0 aliphatic rings. The second kappa shape index (κ2) is 9.40. The summed E-state index contributed by atoms with van der Waals surface area (Å²) in [5.41, 5.74) is -0.823. The molecule has 0 saturated carbocycles. The maximum Gasteiger partial charge on any atom is 0.320 e. The highest BCUT2D eigenvalue weighted by molar-refractivity contribution is 6.30. The summed E-state index contributed by atoms with van der Waals surface area (Å²) in [5.74, 6) is 0.581. The molecule has 0 atom stereocenters. The van der Waals surface area contributed by atoms with Gasteiger partial charge in [0.25, 0.3) is 0 Å². The van der Waals surface area contributed by atoms with Gasteiger partial charge in [0.15, 0.2) is 11.5 Å². The number of carbonyl (C=O) groups is 1. The molecule has 0 bridgehead atoms. The number of benzene rings is 2. The summed E-state index contributed by atoms with van der Waals surface area (Å²) in [6, 6.07) is 9.64. The van der Waals surface area contributed by atoms with Crippen LogP contribution in [0.5, 0.6) is 17.2 Å². The van der Waals surface area contributed by atoms with Crippen molar-refractivity contribution in [3.8, 4) is 22.9 Å². The summed E-state index contributed by atoms with van der Waals surface area (Å²) in [6.45, 7) is -0.360. The van der Waals surface area contributed by atoms with Crippen LogP contribution in [0.4, 0.5) is 5.69 Å². The molecular formula is C21H20ClN3O6. The lowest BCUT2D eigenvalue weighted by Gasteiger charge is -2.15. The van der Waals surface area contributed by atoms with Crippen molar-refractivity contribution in [2.75, 3.05) is 26.6 Å². The quantitative estimate of drug-likeness (QED) is 0.560. The molecular weight excluding hydrogens is 426 g/mol. The van der Waals surface area contributed by atoms with E-state index in [9.17, 15) is 14.4 Å². The van der Waals surface area contributed by atoms with E-state index < -0.39 is 17.0 Å². The number of nitrogens with zero attached hydrogens (tertiary/aromatic N) is 2. The molecule has 0 unspecified atom stereocenters. The van der Waals surface area contributed by atoms with Crippen molar-refractivity contribution >= 4 is 23.2 Å². The van der Waals surface area contributed by atoms with E-state index in [1.54, 1.807) is 36.4 Å². The Balaban J connectivity index is 1.84. The van der Waals surface area contributed by atoms with Gasteiger partial charge < -0.3 is 19.5 Å². The Bertz CT molecular complexity index is 1210. The van der Waals surface area contributed by atoms with Gasteiger partial charge in [0.05, 0.1) is 27.0 Å². The fraction of sp³-hybridized carbons (Fsp3) is 0.190. The van der Waals surface area contributed by atoms with Gasteiger partial charge in [0.2, 0.25) is 11.7 Å². The van der Waals surface area contributed by atoms with Crippen LogP contribution in [0.3, 0.4) is 0 Å². The first-order chi connectivity index (χ1) is 14.9. The predicted molar refractivity (Wildman–Crippen MR) is 116 cm³/mol. The summed E-state index contributed by atoms with van der Waals surface area (Å²) in [7, 11) is 4.38. The van der Waals surface area contributed by atoms with Gasteiger partial charge in [-0.1, -0.05) is 17.7 Å². The molecule has 9 nitrogen and oxygen atoms in total. The van der Waals surface area contributed by atoms with E-state index in [4.69, 9.17) is 25.8 Å². The van der Waals surface area contributed by atoms with Crippen LogP contribution in [0.1, 0.15) is 0 Å². The number of hydrogen-bond acceptors (Lipinski definition) is 6. The van der Waals surface area contributed by atoms with Crippen LogP contribution in [0.25, 0.3) is 5.69 Å². The molecule has 1 heterocycles. The molecule has 162 valence electrons. The van der Waals surface area contributed by atoms with Gasteiger partial charge in [-0.2, -0.15) is 0 Å². The molecule has 0 aliphatic carbocycles. The van der Waals surface area contributed by atoms with Gasteiger partial charge in [0, 0.05) is 35.2 Å². The Morgan fingerprint density at radius 3 is 2.23 bits per heavy atom. The Morgan fingerprint density at radius 1 is 0.968 bits per heavy atom. The SMILES string of the molecule is COc1cc(NC(=O)Cn2ccn(-c3cccc(Cl)c3)c(=O)c2=O)cc(OC)c1OC. The highest BCUT2D eigenvalue weighted by Gasteiger charge is 2.15. The molecule has 1 amide bonds. The molecule has 3 rings (SSSR count). The third kappa shape index (κ3) is 4.72. The summed E-state index contributed by atoms with van der Waals surface area (Å²) in [6.07, 6.45) is 2.77.